The van der Waals surface area contributed by atoms with Gasteiger partial charge in [0.25, 0.3) is 0 Å². The number of benzene rings is 1. The molecule has 0 amide bonds. The van der Waals surface area contributed by atoms with E-state index in [4.69, 9.17) is 16.6 Å². The molecule has 0 atom stereocenters. The number of aromatic amines is 1. The van der Waals surface area contributed by atoms with E-state index < -0.39 is 0 Å². The van der Waals surface area contributed by atoms with Gasteiger partial charge in [-0.2, -0.15) is 5.10 Å². The predicted octanol–water partition coefficient (Wildman–Crippen LogP) is 3.69. The summed E-state index contributed by atoms with van der Waals surface area (Å²) in [5.74, 6) is 0.685. The lowest BCUT2D eigenvalue weighted by atomic mass is 10.2. The zero-order valence-corrected chi connectivity index (χ0v) is 10.8. The maximum atomic E-state index is 5.23. The van der Waals surface area contributed by atoms with Crippen LogP contribution >= 0.6 is 12.2 Å². The van der Waals surface area contributed by atoms with Gasteiger partial charge >= 0.3 is 0 Å². The number of nitrogens with zero attached hydrogens (tertiary/aromatic N) is 2. The third-order valence-electron chi connectivity index (χ3n) is 2.64. The van der Waals surface area contributed by atoms with Gasteiger partial charge in [0, 0.05) is 0 Å². The Labute approximate surface area is 115 Å². The summed E-state index contributed by atoms with van der Waals surface area (Å²) < 4.78 is 7.33. The lowest BCUT2D eigenvalue weighted by Gasteiger charge is -1.94. The molecule has 0 saturated carbocycles. The number of rotatable bonds is 3. The molecule has 0 aliphatic carbocycles. The molecule has 0 unspecified atom stereocenters. The van der Waals surface area contributed by atoms with Crippen LogP contribution in [0.15, 0.2) is 64.4 Å². The Hall–Kier alpha value is -2.40. The average Bonchev–Trinajstić information content (AvgIpc) is 3.07. The quantitative estimate of drug-likeness (QED) is 0.582. The number of hydrogen-bond donors (Lipinski definition) is 1. The maximum absolute atomic E-state index is 5.23. The summed E-state index contributed by atoms with van der Waals surface area (Å²) >= 11 is 5.23. The van der Waals surface area contributed by atoms with Crippen molar-refractivity contribution in [2.75, 3.05) is 0 Å². The van der Waals surface area contributed by atoms with E-state index in [-0.39, 0.29) is 0 Å². The van der Waals surface area contributed by atoms with Crippen LogP contribution in [0.3, 0.4) is 0 Å². The molecule has 4 nitrogen and oxygen atoms in total. The van der Waals surface area contributed by atoms with E-state index in [0.29, 0.717) is 10.5 Å². The van der Waals surface area contributed by atoms with Crippen LogP contribution in [0.25, 0.3) is 11.3 Å². The molecule has 0 aliphatic rings. The molecular formula is C14H11N3OS. The fourth-order valence-corrected chi connectivity index (χ4v) is 1.93. The Balaban J connectivity index is 1.92. The monoisotopic (exact) mass is 269 g/mol. The Morgan fingerprint density at radius 1 is 1.16 bits per heavy atom. The molecule has 0 fully saturated rings. The van der Waals surface area contributed by atoms with Gasteiger partial charge in [-0.05, 0) is 29.9 Å². The fraction of sp³-hybridized carbons (Fsp3) is 0. The summed E-state index contributed by atoms with van der Waals surface area (Å²) in [5, 5.41) is 4.26. The van der Waals surface area contributed by atoms with Crippen LogP contribution in [0.5, 0.6) is 0 Å². The lowest BCUT2D eigenvalue weighted by Crippen LogP contribution is -1.87. The van der Waals surface area contributed by atoms with E-state index in [1.165, 1.54) is 0 Å². The van der Waals surface area contributed by atoms with E-state index >= 15 is 0 Å². The molecule has 2 heterocycles. The van der Waals surface area contributed by atoms with Crippen molar-refractivity contribution in [3.8, 4) is 11.3 Å². The fourth-order valence-electron chi connectivity index (χ4n) is 1.72. The smallest absolute Gasteiger partial charge is 0.198 e. The second kappa shape index (κ2) is 5.07. The van der Waals surface area contributed by atoms with Gasteiger partial charge in [-0.25, -0.2) is 4.68 Å². The van der Waals surface area contributed by atoms with Gasteiger partial charge in [-0.15, -0.1) is 0 Å². The van der Waals surface area contributed by atoms with Crippen LogP contribution in [0, 0.1) is 4.77 Å². The number of imidazole rings is 1. The van der Waals surface area contributed by atoms with Crippen LogP contribution in [-0.4, -0.2) is 15.9 Å². The molecule has 1 aromatic carbocycles. The highest BCUT2D eigenvalue weighted by Crippen LogP contribution is 2.16. The SMILES string of the molecule is S=c1[nH]c(-c2ccccc2)cn1N=Cc1ccco1. The van der Waals surface area contributed by atoms with Gasteiger partial charge in [0.2, 0.25) is 0 Å². The van der Waals surface area contributed by atoms with Crippen molar-refractivity contribution in [1.82, 2.24) is 9.66 Å². The van der Waals surface area contributed by atoms with Crippen LogP contribution in [0.1, 0.15) is 5.76 Å². The van der Waals surface area contributed by atoms with Crippen molar-refractivity contribution < 1.29 is 4.42 Å². The summed E-state index contributed by atoms with van der Waals surface area (Å²) in [6.07, 6.45) is 5.09. The minimum atomic E-state index is 0.543. The molecule has 2 aromatic heterocycles. The van der Waals surface area contributed by atoms with Gasteiger partial charge in [0.15, 0.2) is 4.77 Å². The van der Waals surface area contributed by atoms with Gasteiger partial charge < -0.3 is 9.40 Å². The first-order valence-electron chi connectivity index (χ1n) is 5.78. The van der Waals surface area contributed by atoms with Crippen LogP contribution in [0.2, 0.25) is 0 Å². The number of H-pyrrole nitrogens is 1. The van der Waals surface area contributed by atoms with Crippen molar-refractivity contribution in [1.29, 1.82) is 0 Å². The molecule has 94 valence electrons. The summed E-state index contributed by atoms with van der Waals surface area (Å²) in [5.41, 5.74) is 2.00. The predicted molar refractivity (Wildman–Crippen MR) is 76.8 cm³/mol. The Morgan fingerprint density at radius 3 is 2.74 bits per heavy atom. The number of furan rings is 1. The van der Waals surface area contributed by atoms with Gasteiger partial charge in [-0.1, -0.05) is 30.3 Å². The third kappa shape index (κ3) is 2.56. The highest BCUT2D eigenvalue weighted by molar-refractivity contribution is 7.71. The molecule has 0 spiro atoms. The largest absolute Gasteiger partial charge is 0.463 e. The second-order valence-electron chi connectivity index (χ2n) is 3.94. The molecule has 0 radical (unpaired) electrons. The topological polar surface area (TPSA) is 46.2 Å². The first-order valence-corrected chi connectivity index (χ1v) is 6.19. The van der Waals surface area contributed by atoms with Gasteiger partial charge in [0.05, 0.1) is 24.4 Å². The minimum Gasteiger partial charge on any atom is -0.463 e. The minimum absolute atomic E-state index is 0.543. The van der Waals surface area contributed by atoms with E-state index in [1.807, 2.05) is 48.7 Å². The molecule has 19 heavy (non-hydrogen) atoms. The van der Waals surface area contributed by atoms with Crippen LogP contribution in [0.4, 0.5) is 0 Å². The Kier molecular flexibility index (Phi) is 3.12. The van der Waals surface area contributed by atoms with E-state index in [1.54, 1.807) is 17.2 Å². The standard InChI is InChI=1S/C14H11N3OS/c19-14-16-13(11-5-2-1-3-6-11)10-17(14)15-9-12-7-4-8-18-12/h1-10H,(H,16,19). The Morgan fingerprint density at radius 2 is 2.00 bits per heavy atom. The molecule has 0 bridgehead atoms. The third-order valence-corrected chi connectivity index (χ3v) is 2.93. The highest BCUT2D eigenvalue weighted by Gasteiger charge is 2.01. The first-order chi connectivity index (χ1) is 9.33. The second-order valence-corrected chi connectivity index (χ2v) is 4.33. The van der Waals surface area contributed by atoms with Crippen LogP contribution in [-0.2, 0) is 0 Å². The number of hydrogen-bond acceptors (Lipinski definition) is 3. The maximum Gasteiger partial charge on any atom is 0.198 e. The average molecular weight is 269 g/mol. The zero-order chi connectivity index (χ0) is 13.1. The summed E-state index contributed by atoms with van der Waals surface area (Å²) in [7, 11) is 0. The molecule has 0 aliphatic heterocycles. The Bertz CT molecular complexity index is 739. The summed E-state index contributed by atoms with van der Waals surface area (Å²) in [6.45, 7) is 0. The molecule has 5 heteroatoms. The van der Waals surface area contributed by atoms with E-state index in [0.717, 1.165) is 11.3 Å². The molecular weight excluding hydrogens is 258 g/mol. The summed E-state index contributed by atoms with van der Waals surface area (Å²) in [4.78, 5) is 3.12. The van der Waals surface area contributed by atoms with Crippen molar-refractivity contribution in [3.05, 3.63) is 65.5 Å². The van der Waals surface area contributed by atoms with Gasteiger partial charge in [-0.3, -0.25) is 0 Å². The van der Waals surface area contributed by atoms with E-state index in [2.05, 4.69) is 10.1 Å². The summed E-state index contributed by atoms with van der Waals surface area (Å²) in [6, 6.07) is 13.6. The van der Waals surface area contributed by atoms with Crippen LogP contribution < -0.4 is 0 Å². The zero-order valence-electron chi connectivity index (χ0n) is 9.98. The molecule has 0 saturated heterocycles. The van der Waals surface area contributed by atoms with Crippen molar-refractivity contribution in [3.63, 3.8) is 0 Å². The number of aromatic nitrogens is 2. The normalized spacial score (nSPS) is 11.2. The van der Waals surface area contributed by atoms with Crippen molar-refractivity contribution in [2.24, 2.45) is 5.10 Å². The number of nitrogens with one attached hydrogen (secondary N) is 1. The van der Waals surface area contributed by atoms with Crippen molar-refractivity contribution in [2.45, 2.75) is 0 Å². The van der Waals surface area contributed by atoms with E-state index in [9.17, 15) is 0 Å². The molecule has 3 aromatic rings. The molecule has 1 N–H and O–H groups in total. The highest BCUT2D eigenvalue weighted by atomic mass is 32.1. The first kappa shape index (κ1) is 11.7. The molecule has 3 rings (SSSR count). The van der Waals surface area contributed by atoms with Gasteiger partial charge in [0.1, 0.15) is 5.76 Å². The van der Waals surface area contributed by atoms with Crippen molar-refractivity contribution >= 4 is 18.4 Å². The lowest BCUT2D eigenvalue weighted by molar-refractivity contribution is 0.559.